The number of carboxylic acids is 2. The Balaban J connectivity index is 0. The van der Waals surface area contributed by atoms with Crippen LogP contribution in [0.25, 0.3) is 0 Å². The number of aliphatic carboxylic acids is 2. The lowest BCUT2D eigenvalue weighted by Gasteiger charge is -2.36. The molecule has 352 valence electrons. The first-order valence-electron chi connectivity index (χ1n) is 22.2. The molecule has 3 rings (SSSR count). The van der Waals surface area contributed by atoms with Crippen LogP contribution in [0.3, 0.4) is 0 Å². The quantitative estimate of drug-likeness (QED) is 0.0194. The van der Waals surface area contributed by atoms with Crippen molar-refractivity contribution in [1.29, 1.82) is 0 Å². The van der Waals surface area contributed by atoms with Crippen LogP contribution in [0.15, 0.2) is 80.6 Å². The second-order valence-corrected chi connectivity index (χ2v) is 15.5. The molecule has 10 N–H and O–H groups in total. The molecule has 16 heteroatoms. The van der Waals surface area contributed by atoms with E-state index in [1.807, 2.05) is 24.3 Å². The van der Waals surface area contributed by atoms with Crippen molar-refractivity contribution in [2.75, 3.05) is 26.2 Å². The van der Waals surface area contributed by atoms with Gasteiger partial charge >= 0.3 is 11.9 Å². The number of hydrogen-bond acceptors (Lipinski definition) is 6. The van der Waals surface area contributed by atoms with Crippen molar-refractivity contribution in [3.63, 3.8) is 0 Å². The number of halogens is 2. The van der Waals surface area contributed by atoms with Gasteiger partial charge in [0.2, 0.25) is 0 Å². The summed E-state index contributed by atoms with van der Waals surface area (Å²) < 4.78 is 0. The molecule has 1 aliphatic heterocycles. The maximum Gasteiger partial charge on any atom is 0.314 e. The minimum absolute atomic E-state index is 0. The van der Waals surface area contributed by atoms with Gasteiger partial charge in [-0.15, -0.1) is 24.8 Å². The van der Waals surface area contributed by atoms with E-state index in [2.05, 4.69) is 95.3 Å². The smallest absolute Gasteiger partial charge is 0.314 e. The van der Waals surface area contributed by atoms with Crippen molar-refractivity contribution < 1.29 is 19.8 Å². The first-order valence-corrected chi connectivity index (χ1v) is 22.2. The number of guanidine groups is 4. The third-order valence-corrected chi connectivity index (χ3v) is 9.27. The fourth-order valence-electron chi connectivity index (χ4n) is 6.07. The topological polar surface area (TPSA) is 224 Å². The lowest BCUT2D eigenvalue weighted by atomic mass is 10.1. The number of benzene rings is 2. The van der Waals surface area contributed by atoms with Gasteiger partial charge in [-0.3, -0.25) is 40.2 Å². The van der Waals surface area contributed by atoms with Crippen LogP contribution < -0.4 is 32.7 Å². The predicted octanol–water partition coefficient (Wildman–Crippen LogP) is 8.58. The predicted molar refractivity (Wildman–Crippen MR) is 264 cm³/mol. The first-order chi connectivity index (χ1) is 28.9. The standard InChI is InChI=1S/C23H39N5.C20H35N5.C3H4O4.2ClH/c1-4-5-6-7-8-9-10-14-18-24-21-26-22(28-23(2,3)27-21)25-19-17-20-15-12-11-13-16-20;1-2-3-4-5-6-7-8-12-16-23-19(21)25-20(22)24-17-15-18-13-10-9-11-14-18;4-2(5)1-3(6)7;;/h11-13,15-16H,4-10,14,17-19H2,1-3H3,(H3,24,25,26,27,28);9-11,13-14H,2-8,12,15-17H2,1H3,(H5,21,22,23,24,25);1H2,(H,4,5)(H,6,7);2*1H. The molecular weight excluding hydrogens is 827 g/mol. The Morgan fingerprint density at radius 1 is 0.565 bits per heavy atom. The molecule has 0 amide bonds. The van der Waals surface area contributed by atoms with E-state index in [4.69, 9.17) is 31.7 Å². The van der Waals surface area contributed by atoms with Crippen LogP contribution in [-0.2, 0) is 22.4 Å². The van der Waals surface area contributed by atoms with Gasteiger partial charge in [0, 0.05) is 26.2 Å². The van der Waals surface area contributed by atoms with Gasteiger partial charge < -0.3 is 32.3 Å². The van der Waals surface area contributed by atoms with E-state index in [0.29, 0.717) is 18.5 Å². The van der Waals surface area contributed by atoms with Gasteiger partial charge in [-0.25, -0.2) is 0 Å². The highest BCUT2D eigenvalue weighted by atomic mass is 35.5. The Bertz CT molecular complexity index is 1530. The van der Waals surface area contributed by atoms with E-state index >= 15 is 0 Å². The van der Waals surface area contributed by atoms with Gasteiger partial charge in [0.15, 0.2) is 23.8 Å². The van der Waals surface area contributed by atoms with Crippen molar-refractivity contribution in [3.8, 4) is 0 Å². The lowest BCUT2D eigenvalue weighted by Crippen LogP contribution is -2.68. The molecule has 2 aromatic carbocycles. The maximum atomic E-state index is 9.43. The summed E-state index contributed by atoms with van der Waals surface area (Å²) >= 11 is 0. The molecule has 1 fully saturated rings. The zero-order valence-electron chi connectivity index (χ0n) is 38.0. The van der Waals surface area contributed by atoms with Crippen LogP contribution in [-0.4, -0.2) is 77.8 Å². The van der Waals surface area contributed by atoms with Crippen LogP contribution in [0.4, 0.5) is 0 Å². The molecule has 1 saturated heterocycles. The lowest BCUT2D eigenvalue weighted by molar-refractivity contribution is -0.147. The highest BCUT2D eigenvalue weighted by molar-refractivity contribution is 6.01. The summed E-state index contributed by atoms with van der Waals surface area (Å²) in [7, 11) is 0. The molecule has 0 unspecified atom stereocenters. The summed E-state index contributed by atoms with van der Waals surface area (Å²) in [4.78, 5) is 36.8. The molecular formula is C46H80Cl2N10O4. The average Bonchev–Trinajstić information content (AvgIpc) is 3.20. The Kier molecular flexibility index (Phi) is 37.7. The molecule has 0 bridgehead atoms. The molecule has 1 aliphatic rings. The molecule has 0 atom stereocenters. The van der Waals surface area contributed by atoms with E-state index in [-0.39, 0.29) is 30.5 Å². The minimum Gasteiger partial charge on any atom is -0.481 e. The molecule has 0 aliphatic carbocycles. The highest BCUT2D eigenvalue weighted by Crippen LogP contribution is 2.10. The van der Waals surface area contributed by atoms with Gasteiger partial charge in [0.05, 0.1) is 0 Å². The zero-order valence-corrected chi connectivity index (χ0v) is 39.6. The number of nitrogens with zero attached hydrogens (tertiary/aromatic N) is 4. The van der Waals surface area contributed by atoms with Crippen LogP contribution in [0.2, 0.25) is 0 Å². The molecule has 1 heterocycles. The van der Waals surface area contributed by atoms with Gasteiger partial charge in [-0.1, -0.05) is 164 Å². The largest absolute Gasteiger partial charge is 0.481 e. The maximum absolute atomic E-state index is 9.43. The number of carboxylic acid groups (broad SMARTS) is 2. The Morgan fingerprint density at radius 3 is 1.35 bits per heavy atom. The van der Waals surface area contributed by atoms with Gasteiger partial charge in [-0.2, -0.15) is 0 Å². The van der Waals surface area contributed by atoms with Crippen molar-refractivity contribution in [2.45, 2.75) is 155 Å². The summed E-state index contributed by atoms with van der Waals surface area (Å²) in [5.41, 5.74) is 14.0. The van der Waals surface area contributed by atoms with Crippen molar-refractivity contribution in [1.82, 2.24) is 21.3 Å². The van der Waals surface area contributed by atoms with E-state index in [1.165, 1.54) is 101 Å². The number of rotatable bonds is 26. The van der Waals surface area contributed by atoms with E-state index in [9.17, 15) is 9.59 Å². The van der Waals surface area contributed by atoms with Gasteiger partial charge in [0.25, 0.3) is 0 Å². The zero-order chi connectivity index (χ0) is 44.1. The van der Waals surface area contributed by atoms with Gasteiger partial charge in [-0.05, 0) is 50.7 Å². The number of hydrogen-bond donors (Lipinski definition) is 8. The second-order valence-electron chi connectivity index (χ2n) is 15.5. The average molecular weight is 908 g/mol. The summed E-state index contributed by atoms with van der Waals surface area (Å²) in [5, 5.41) is 28.3. The molecule has 2 aromatic rings. The minimum atomic E-state index is -1.31. The normalized spacial score (nSPS) is 14.3. The summed E-state index contributed by atoms with van der Waals surface area (Å²) in [5.74, 6) is -0.323. The third kappa shape index (κ3) is 36.1. The van der Waals surface area contributed by atoms with Gasteiger partial charge in [0.1, 0.15) is 12.1 Å². The van der Waals surface area contributed by atoms with Crippen molar-refractivity contribution >= 4 is 60.6 Å². The number of unbranched alkanes of at least 4 members (excludes halogenated alkanes) is 14. The summed E-state index contributed by atoms with van der Waals surface area (Å²) in [6.07, 6.45) is 21.9. The van der Waals surface area contributed by atoms with E-state index < -0.39 is 18.4 Å². The SMILES string of the molecule is CCCCCCCCCCN=C(N)NC(N)=NCCc1ccccc1.CCCCCCCCCCN=C1NC(=NCCc2ccccc2)NC(C)(C)N1.Cl.Cl.O=C(O)CC(=O)O. The van der Waals surface area contributed by atoms with Crippen molar-refractivity contribution in [2.24, 2.45) is 31.4 Å². The monoisotopic (exact) mass is 907 g/mol. The van der Waals surface area contributed by atoms with E-state index in [0.717, 1.165) is 57.2 Å². The van der Waals surface area contributed by atoms with Crippen LogP contribution in [0, 0.1) is 0 Å². The second kappa shape index (κ2) is 39.3. The Labute approximate surface area is 385 Å². The highest BCUT2D eigenvalue weighted by Gasteiger charge is 2.26. The number of nitrogens with two attached hydrogens (primary N) is 2. The fourth-order valence-corrected chi connectivity index (χ4v) is 6.07. The van der Waals surface area contributed by atoms with Crippen LogP contribution in [0.5, 0.6) is 0 Å². The molecule has 62 heavy (non-hydrogen) atoms. The summed E-state index contributed by atoms with van der Waals surface area (Å²) in [6.45, 7) is 11.7. The molecule has 0 radical (unpaired) electrons. The first kappa shape index (κ1) is 59.5. The molecule has 0 spiro atoms. The third-order valence-electron chi connectivity index (χ3n) is 9.27. The molecule has 14 nitrogen and oxygen atoms in total. The number of nitrogens with one attached hydrogen (secondary N) is 4. The van der Waals surface area contributed by atoms with Crippen LogP contribution >= 0.6 is 24.8 Å². The Morgan fingerprint density at radius 2 is 0.935 bits per heavy atom. The number of aliphatic imine (C=N–C) groups is 4. The van der Waals surface area contributed by atoms with Crippen LogP contribution in [0.1, 0.15) is 148 Å². The Hall–Kier alpha value is -4.56. The van der Waals surface area contributed by atoms with Crippen molar-refractivity contribution in [3.05, 3.63) is 71.8 Å². The molecule has 0 saturated carbocycles. The fraction of sp³-hybridized carbons (Fsp3) is 0.609. The number of carbonyl (C=O) groups is 2. The summed E-state index contributed by atoms with van der Waals surface area (Å²) in [6, 6.07) is 20.7. The molecule has 0 aromatic heterocycles. The van der Waals surface area contributed by atoms with E-state index in [1.54, 1.807) is 0 Å².